The number of carbonyl (C=O) groups excluding carboxylic acids is 2. The molecule has 1 aliphatic rings. The lowest BCUT2D eigenvalue weighted by atomic mass is 10.1. The molecule has 18 nitrogen and oxygen atoms in total. The van der Waals surface area contributed by atoms with Crippen molar-refractivity contribution in [3.8, 4) is 0 Å². The first-order valence-electron chi connectivity index (χ1n) is 26.7. The average Bonchev–Trinajstić information content (AvgIpc) is 3.65. The summed E-state index contributed by atoms with van der Waals surface area (Å²) in [4.78, 5) is 38.9. The Morgan fingerprint density at radius 3 is 1.53 bits per heavy atom. The van der Waals surface area contributed by atoms with Crippen LogP contribution in [0.5, 0.6) is 0 Å². The number of likely N-dealkylation sites (N-methyl/N-ethyl adjacent to an activating group) is 1. The Balaban J connectivity index is 1.05. The predicted molar refractivity (Wildman–Crippen MR) is 291 cm³/mol. The molecule has 1 amide bonds. The Morgan fingerprint density at radius 1 is 0.608 bits per heavy atom. The van der Waals surface area contributed by atoms with Crippen LogP contribution in [0.4, 0.5) is 5.69 Å². The highest BCUT2D eigenvalue weighted by molar-refractivity contribution is 7.13. The van der Waals surface area contributed by atoms with E-state index in [1.807, 2.05) is 31.7 Å². The summed E-state index contributed by atoms with van der Waals surface area (Å²) in [6.45, 7) is 21.4. The van der Waals surface area contributed by atoms with Crippen molar-refractivity contribution in [3.05, 3.63) is 56.8 Å². The van der Waals surface area contributed by atoms with Gasteiger partial charge in [0.15, 0.2) is 0 Å². The normalized spacial score (nSPS) is 12.8. The Labute approximate surface area is 447 Å². The molecule has 0 unspecified atom stereocenters. The maximum atomic E-state index is 13.9. The van der Waals surface area contributed by atoms with Gasteiger partial charge in [-0.2, -0.15) is 0 Å². The van der Waals surface area contributed by atoms with Gasteiger partial charge in [-0.15, -0.1) is 11.3 Å². The van der Waals surface area contributed by atoms with E-state index in [0.717, 1.165) is 67.9 Å². The number of hydrogen-bond acceptors (Lipinski definition) is 18. The van der Waals surface area contributed by atoms with Gasteiger partial charge in [-0.05, 0) is 97.4 Å². The lowest BCUT2D eigenvalue weighted by molar-refractivity contribution is -0.156. The molecular weight excluding hydrogens is 971 g/mol. The highest BCUT2D eigenvalue weighted by Gasteiger charge is 2.23. The van der Waals surface area contributed by atoms with Crippen LogP contribution < -0.4 is 5.73 Å². The van der Waals surface area contributed by atoms with E-state index in [2.05, 4.69) is 68.2 Å². The topological polar surface area (TPSA) is 184 Å². The van der Waals surface area contributed by atoms with E-state index in [0.29, 0.717) is 163 Å². The number of esters is 1. The zero-order chi connectivity index (χ0) is 53.5. The molecule has 0 saturated heterocycles. The van der Waals surface area contributed by atoms with Gasteiger partial charge in [0, 0.05) is 43.1 Å². The fourth-order valence-corrected chi connectivity index (χ4v) is 8.49. The molecule has 2 N–H and O–H groups in total. The Bertz CT molecular complexity index is 1820. The molecule has 0 fully saturated rings. The number of unbranched alkanes of at least 4 members (excludes halogenated alkanes) is 2. The van der Waals surface area contributed by atoms with E-state index in [-0.39, 0.29) is 18.3 Å². The molecule has 0 spiro atoms. The van der Waals surface area contributed by atoms with Crippen molar-refractivity contribution in [2.24, 2.45) is 10.7 Å². The first-order valence-corrected chi connectivity index (χ1v) is 27.5. The van der Waals surface area contributed by atoms with Gasteiger partial charge in [0.25, 0.3) is 5.91 Å². The van der Waals surface area contributed by atoms with E-state index < -0.39 is 5.60 Å². The fourth-order valence-electron chi connectivity index (χ4n) is 7.38. The molecule has 0 bridgehead atoms. The highest BCUT2D eigenvalue weighted by atomic mass is 32.1. The molecule has 19 heteroatoms. The molecule has 0 saturated carbocycles. The number of rotatable bonds is 46. The quantitative estimate of drug-likeness (QED) is 0.0555. The van der Waals surface area contributed by atoms with Gasteiger partial charge in [-0.3, -0.25) is 9.59 Å². The van der Waals surface area contributed by atoms with Gasteiger partial charge in [-0.25, -0.2) is 4.99 Å². The van der Waals surface area contributed by atoms with Crippen LogP contribution in [0.25, 0.3) is 6.08 Å². The molecule has 0 atom stereocenters. The molecule has 1 aromatic carbocycles. The van der Waals surface area contributed by atoms with Gasteiger partial charge < -0.3 is 72.5 Å². The molecule has 1 aromatic heterocycles. The van der Waals surface area contributed by atoms with Crippen LogP contribution in [0, 0.1) is 0 Å². The second-order valence-corrected chi connectivity index (χ2v) is 20.4. The van der Waals surface area contributed by atoms with Crippen LogP contribution in [0.3, 0.4) is 0 Å². The molecule has 422 valence electrons. The summed E-state index contributed by atoms with van der Waals surface area (Å²) >= 11 is 1.72. The van der Waals surface area contributed by atoms with E-state index in [4.69, 9.17) is 62.8 Å². The van der Waals surface area contributed by atoms with Crippen LogP contribution >= 0.6 is 11.3 Å². The van der Waals surface area contributed by atoms with Gasteiger partial charge in [-0.1, -0.05) is 37.6 Å². The summed E-state index contributed by atoms with van der Waals surface area (Å²) in [6, 6.07) is 10.7. The van der Waals surface area contributed by atoms with Crippen molar-refractivity contribution >= 4 is 40.8 Å². The number of nitrogens with zero attached hydrogens (tertiary/aromatic N) is 4. The zero-order valence-electron chi connectivity index (χ0n) is 46.2. The number of ether oxygens (including phenoxy) is 11. The molecule has 0 radical (unpaired) electrons. The van der Waals surface area contributed by atoms with Crippen molar-refractivity contribution in [1.29, 1.82) is 0 Å². The minimum Gasteiger partial charge on any atom is -0.460 e. The smallest absolute Gasteiger partial charge is 0.308 e. The van der Waals surface area contributed by atoms with Gasteiger partial charge in [0.05, 0.1) is 149 Å². The number of benzene rings is 1. The van der Waals surface area contributed by atoms with Gasteiger partial charge in [0.1, 0.15) is 11.4 Å². The molecule has 2 heterocycles. The van der Waals surface area contributed by atoms with Crippen molar-refractivity contribution in [1.82, 2.24) is 14.7 Å². The van der Waals surface area contributed by atoms with Crippen LogP contribution in [-0.4, -0.2) is 211 Å². The molecule has 1 aliphatic heterocycles. The fraction of sp³-hybridized carbons (Fsp3) is 0.727. The Kier molecular flexibility index (Phi) is 35.8. The third-order valence-electron chi connectivity index (χ3n) is 11.0. The highest BCUT2D eigenvalue weighted by Crippen LogP contribution is 2.35. The Hall–Kier alpha value is -3.41. The third kappa shape index (κ3) is 32.9. The molecular formula is C55H93N5O13S. The number of carbonyl (C=O) groups is 2. The second-order valence-electron chi connectivity index (χ2n) is 19.3. The number of nitrogens with two attached hydrogens (primary N) is 1. The Morgan fingerprint density at radius 2 is 1.07 bits per heavy atom. The van der Waals surface area contributed by atoms with E-state index in [1.54, 1.807) is 11.3 Å². The van der Waals surface area contributed by atoms with Crippen molar-refractivity contribution < 1.29 is 61.7 Å². The third-order valence-corrected chi connectivity index (χ3v) is 12.1. The lowest BCUT2D eigenvalue weighted by Crippen LogP contribution is -2.33. The molecule has 74 heavy (non-hydrogen) atoms. The minimum atomic E-state index is -0.481. The van der Waals surface area contributed by atoms with E-state index in [9.17, 15) is 9.59 Å². The van der Waals surface area contributed by atoms with Crippen LogP contribution in [0.2, 0.25) is 0 Å². The summed E-state index contributed by atoms with van der Waals surface area (Å²) < 4.78 is 60.7. The maximum absolute atomic E-state index is 13.9. The van der Waals surface area contributed by atoms with E-state index in [1.165, 1.54) is 10.4 Å². The van der Waals surface area contributed by atoms with Crippen molar-refractivity contribution in [3.63, 3.8) is 0 Å². The molecule has 0 aliphatic carbocycles. The molecule has 3 rings (SSSR count). The standard InChI is InChI=1S/C55H93N5O13S/c1-8-18-60(45-47-15-13-46(14-16-47)44-58(5)6)54(62)48-41-51-50(57-52(56)42-48)43-49(74-51)12-10-9-11-19-59(7)20-22-64-24-26-66-28-30-68-32-34-70-36-38-72-40-39-71-37-35-69-33-31-67-29-27-65-25-23-63-21-17-53(61)73-55(2,3)4/h13-16,41,43H,8-12,17-40,42,44-45H2,1-7H3,(H2,56,57). The summed E-state index contributed by atoms with van der Waals surface area (Å²) in [6.07, 6.45) is 7.80. The summed E-state index contributed by atoms with van der Waals surface area (Å²) in [5, 5.41) is 0. The zero-order valence-corrected chi connectivity index (χ0v) is 47.0. The number of amides is 1. The van der Waals surface area contributed by atoms with Crippen molar-refractivity contribution in [2.75, 3.05) is 173 Å². The number of fused-ring (bicyclic) bond motifs is 1. The summed E-state index contributed by atoms with van der Waals surface area (Å²) in [7, 11) is 6.26. The minimum absolute atomic E-state index is 0.0286. The van der Waals surface area contributed by atoms with Crippen LogP contribution in [-0.2, 0) is 81.2 Å². The number of thiophene rings is 1. The monoisotopic (exact) mass is 1060 g/mol. The number of amidine groups is 1. The SMILES string of the molecule is CCCN(Cc1ccc(CN(C)C)cc1)C(=O)C1=Cc2sc(CCCCCN(C)CCOCCOCCOCCOCCOCCOCCOCCOCCOCCOCCC(=O)OC(C)(C)C)cc2N=C(N)C1. The van der Waals surface area contributed by atoms with E-state index >= 15 is 0 Å². The van der Waals surface area contributed by atoms with Crippen LogP contribution in [0.15, 0.2) is 40.9 Å². The lowest BCUT2D eigenvalue weighted by Gasteiger charge is -2.24. The average molecular weight is 1060 g/mol. The largest absolute Gasteiger partial charge is 0.460 e. The number of aliphatic imine (C=N–C) groups is 1. The van der Waals surface area contributed by atoms with Gasteiger partial charge in [0.2, 0.25) is 0 Å². The first-order chi connectivity index (χ1) is 35.8. The van der Waals surface area contributed by atoms with Crippen molar-refractivity contribution in [2.45, 2.75) is 91.3 Å². The number of hydrogen-bond donors (Lipinski definition) is 1. The maximum Gasteiger partial charge on any atom is 0.308 e. The van der Waals surface area contributed by atoms with Gasteiger partial charge >= 0.3 is 5.97 Å². The number of aryl methyl sites for hydroxylation is 1. The predicted octanol–water partition coefficient (Wildman–Crippen LogP) is 6.57. The summed E-state index contributed by atoms with van der Waals surface area (Å²) in [5.41, 5.74) is 9.84. The molecule has 2 aromatic rings. The van der Waals surface area contributed by atoms with Crippen LogP contribution in [0.1, 0.15) is 87.1 Å². The first kappa shape index (κ1) is 64.9. The summed E-state index contributed by atoms with van der Waals surface area (Å²) in [5.74, 6) is 0.241. The second kappa shape index (κ2) is 40.8.